The molecule has 1 aliphatic heterocycles. The van der Waals surface area contributed by atoms with Crippen molar-refractivity contribution >= 4 is 28.8 Å². The Labute approximate surface area is 203 Å². The summed E-state index contributed by atoms with van der Waals surface area (Å²) in [7, 11) is 1.61. The quantitative estimate of drug-likeness (QED) is 0.288. The van der Waals surface area contributed by atoms with Gasteiger partial charge in [-0.1, -0.05) is 19.9 Å². The average Bonchev–Trinajstić information content (AvgIpc) is 3.34. The van der Waals surface area contributed by atoms with Crippen LogP contribution in [0.3, 0.4) is 0 Å². The molecule has 6 nitrogen and oxygen atoms in total. The van der Waals surface area contributed by atoms with Gasteiger partial charge in [0.1, 0.15) is 17.6 Å². The van der Waals surface area contributed by atoms with Crippen LogP contribution in [0.2, 0.25) is 0 Å². The number of ether oxygens (including phenoxy) is 1. The van der Waals surface area contributed by atoms with E-state index in [1.165, 1.54) is 16.2 Å². The summed E-state index contributed by atoms with van der Waals surface area (Å²) in [6.45, 7) is 8.05. The number of likely N-dealkylation sites (tertiary alicyclic amines) is 1. The van der Waals surface area contributed by atoms with Crippen molar-refractivity contribution < 1.29 is 19.4 Å². The number of thiophene rings is 1. The van der Waals surface area contributed by atoms with Gasteiger partial charge in [0.2, 0.25) is 0 Å². The van der Waals surface area contributed by atoms with Crippen LogP contribution in [0.4, 0.5) is 0 Å². The molecule has 3 aromatic rings. The van der Waals surface area contributed by atoms with E-state index in [0.717, 1.165) is 27.3 Å². The lowest BCUT2D eigenvalue weighted by molar-refractivity contribution is -0.140. The van der Waals surface area contributed by atoms with Crippen LogP contribution in [0.25, 0.3) is 5.76 Å². The third kappa shape index (κ3) is 4.12. The molecule has 7 heteroatoms. The molecule has 34 heavy (non-hydrogen) atoms. The zero-order valence-corrected chi connectivity index (χ0v) is 20.8. The summed E-state index contributed by atoms with van der Waals surface area (Å²) in [5.74, 6) is -0.621. The summed E-state index contributed by atoms with van der Waals surface area (Å²) in [5.41, 5.74) is 3.95. The SMILES string of the molecule is COc1cc(C)c(/C(O)=C2\C(=O)C(=O)N(Cc3ccccn3)C2c2sccc2C)cc1C(C)C. The van der Waals surface area contributed by atoms with Crippen LogP contribution >= 0.6 is 11.3 Å². The van der Waals surface area contributed by atoms with Crippen molar-refractivity contribution in [3.63, 3.8) is 0 Å². The Bertz CT molecular complexity index is 1280. The fourth-order valence-corrected chi connectivity index (χ4v) is 5.42. The second-order valence-electron chi connectivity index (χ2n) is 8.78. The number of Topliss-reactive ketones (excluding diaryl/α,β-unsaturated/α-hetero) is 1. The fourth-order valence-electron chi connectivity index (χ4n) is 4.37. The van der Waals surface area contributed by atoms with Crippen LogP contribution in [0.1, 0.15) is 58.6 Å². The minimum Gasteiger partial charge on any atom is -0.507 e. The number of nitrogens with zero attached hydrogens (tertiary/aromatic N) is 2. The molecule has 1 fully saturated rings. The van der Waals surface area contributed by atoms with Crippen molar-refractivity contribution in [2.24, 2.45) is 0 Å². The van der Waals surface area contributed by atoms with Crippen molar-refractivity contribution in [3.05, 3.63) is 86.4 Å². The molecule has 0 spiro atoms. The monoisotopic (exact) mass is 476 g/mol. The van der Waals surface area contributed by atoms with Gasteiger partial charge in [0, 0.05) is 16.6 Å². The van der Waals surface area contributed by atoms with Crippen molar-refractivity contribution in [3.8, 4) is 5.75 Å². The zero-order chi connectivity index (χ0) is 24.6. The van der Waals surface area contributed by atoms with Crippen molar-refractivity contribution in [2.75, 3.05) is 7.11 Å². The fraction of sp³-hybridized carbons (Fsp3) is 0.296. The smallest absolute Gasteiger partial charge is 0.296 e. The van der Waals surface area contributed by atoms with E-state index in [2.05, 4.69) is 4.98 Å². The Morgan fingerprint density at radius 1 is 1.18 bits per heavy atom. The standard InChI is InChI=1S/C27H28N2O4S/c1-15(2)19-13-20(17(4)12-21(19)33-5)24(30)22-23(26-16(3)9-11-34-26)29(27(32)25(22)31)14-18-8-6-7-10-28-18/h6-13,15,23,30H,14H2,1-5H3/b24-22+. The summed E-state index contributed by atoms with van der Waals surface area (Å²) in [6, 6.07) is 10.5. The molecule has 1 saturated heterocycles. The van der Waals surface area contributed by atoms with Crippen LogP contribution in [0.15, 0.2) is 53.5 Å². The number of methoxy groups -OCH3 is 1. The van der Waals surface area contributed by atoms with Gasteiger partial charge in [0.15, 0.2) is 0 Å². The largest absolute Gasteiger partial charge is 0.507 e. The molecular weight excluding hydrogens is 448 g/mol. The predicted octanol–water partition coefficient (Wildman–Crippen LogP) is 5.51. The highest BCUT2D eigenvalue weighted by Crippen LogP contribution is 2.44. The van der Waals surface area contributed by atoms with Gasteiger partial charge in [0.05, 0.1) is 24.9 Å². The van der Waals surface area contributed by atoms with E-state index in [1.54, 1.807) is 19.4 Å². The van der Waals surface area contributed by atoms with Gasteiger partial charge >= 0.3 is 0 Å². The van der Waals surface area contributed by atoms with Gasteiger partial charge < -0.3 is 14.7 Å². The maximum Gasteiger partial charge on any atom is 0.296 e. The molecule has 1 atom stereocenters. The van der Waals surface area contributed by atoms with E-state index in [-0.39, 0.29) is 23.8 Å². The topological polar surface area (TPSA) is 79.7 Å². The first-order valence-corrected chi connectivity index (χ1v) is 12.0. The van der Waals surface area contributed by atoms with Crippen LogP contribution in [-0.4, -0.2) is 33.8 Å². The van der Waals surface area contributed by atoms with Gasteiger partial charge in [-0.05, 0) is 72.2 Å². The Morgan fingerprint density at radius 2 is 1.94 bits per heavy atom. The Hall–Kier alpha value is -3.45. The number of aliphatic hydroxyl groups excluding tert-OH is 1. The number of aliphatic hydroxyl groups is 1. The second kappa shape index (κ2) is 9.43. The molecular formula is C27H28N2O4S. The summed E-state index contributed by atoms with van der Waals surface area (Å²) in [4.78, 5) is 33.3. The summed E-state index contributed by atoms with van der Waals surface area (Å²) in [5, 5.41) is 13.5. The summed E-state index contributed by atoms with van der Waals surface area (Å²) < 4.78 is 5.53. The van der Waals surface area contributed by atoms with Crippen LogP contribution in [0.5, 0.6) is 5.75 Å². The number of benzene rings is 1. The van der Waals surface area contributed by atoms with Crippen LogP contribution < -0.4 is 4.74 Å². The molecule has 1 aliphatic rings. The molecule has 0 aliphatic carbocycles. The zero-order valence-electron chi connectivity index (χ0n) is 20.0. The molecule has 1 N–H and O–H groups in total. The molecule has 1 aromatic carbocycles. The van der Waals surface area contributed by atoms with E-state index >= 15 is 0 Å². The summed E-state index contributed by atoms with van der Waals surface area (Å²) >= 11 is 1.47. The molecule has 0 radical (unpaired) electrons. The van der Waals surface area contributed by atoms with E-state index in [4.69, 9.17) is 4.74 Å². The molecule has 0 saturated carbocycles. The minimum absolute atomic E-state index is 0.106. The summed E-state index contributed by atoms with van der Waals surface area (Å²) in [6.07, 6.45) is 1.66. The van der Waals surface area contributed by atoms with E-state index in [1.807, 2.05) is 63.4 Å². The molecule has 1 amide bonds. The first kappa shape index (κ1) is 23.7. The second-order valence-corrected chi connectivity index (χ2v) is 9.73. The lowest BCUT2D eigenvalue weighted by Crippen LogP contribution is -2.29. The lowest BCUT2D eigenvalue weighted by Gasteiger charge is -2.25. The van der Waals surface area contributed by atoms with E-state index in [0.29, 0.717) is 11.3 Å². The average molecular weight is 477 g/mol. The Balaban J connectivity index is 1.91. The van der Waals surface area contributed by atoms with Gasteiger partial charge in [0.25, 0.3) is 11.7 Å². The number of carbonyl (C=O) groups excluding carboxylic acids is 2. The molecule has 2 aromatic heterocycles. The van der Waals surface area contributed by atoms with Gasteiger partial charge in [-0.3, -0.25) is 14.6 Å². The lowest BCUT2D eigenvalue weighted by atomic mass is 9.92. The molecule has 0 bridgehead atoms. The number of amides is 1. The maximum atomic E-state index is 13.3. The van der Waals surface area contributed by atoms with Gasteiger partial charge in [-0.25, -0.2) is 0 Å². The first-order valence-electron chi connectivity index (χ1n) is 11.2. The number of aryl methyl sites for hydroxylation is 2. The molecule has 1 unspecified atom stereocenters. The highest BCUT2D eigenvalue weighted by molar-refractivity contribution is 7.10. The Morgan fingerprint density at radius 3 is 2.53 bits per heavy atom. The molecule has 176 valence electrons. The molecule has 3 heterocycles. The van der Waals surface area contributed by atoms with E-state index in [9.17, 15) is 14.7 Å². The van der Waals surface area contributed by atoms with Crippen LogP contribution in [-0.2, 0) is 16.1 Å². The Kier molecular flexibility index (Phi) is 6.57. The number of pyridine rings is 1. The maximum absolute atomic E-state index is 13.3. The number of ketones is 1. The minimum atomic E-state index is -0.689. The predicted molar refractivity (Wildman–Crippen MR) is 133 cm³/mol. The highest BCUT2D eigenvalue weighted by atomic mass is 32.1. The van der Waals surface area contributed by atoms with Crippen molar-refractivity contribution in [2.45, 2.75) is 46.2 Å². The number of carbonyl (C=O) groups is 2. The van der Waals surface area contributed by atoms with Gasteiger partial charge in [-0.15, -0.1) is 11.3 Å². The number of rotatable bonds is 6. The normalized spacial score (nSPS) is 17.6. The molecule has 4 rings (SSSR count). The highest BCUT2D eigenvalue weighted by Gasteiger charge is 2.47. The third-order valence-electron chi connectivity index (χ3n) is 6.20. The number of aromatic nitrogens is 1. The number of hydrogen-bond acceptors (Lipinski definition) is 6. The number of hydrogen-bond donors (Lipinski definition) is 1. The third-order valence-corrected chi connectivity index (χ3v) is 7.27. The van der Waals surface area contributed by atoms with Crippen molar-refractivity contribution in [1.29, 1.82) is 0 Å². The van der Waals surface area contributed by atoms with E-state index < -0.39 is 17.7 Å². The van der Waals surface area contributed by atoms with Gasteiger partial charge in [-0.2, -0.15) is 0 Å². The first-order chi connectivity index (χ1) is 16.2. The van der Waals surface area contributed by atoms with Crippen LogP contribution in [0, 0.1) is 13.8 Å². The van der Waals surface area contributed by atoms with Crippen molar-refractivity contribution in [1.82, 2.24) is 9.88 Å².